The number of nitrogens with one attached hydrogen (secondary N) is 1. The Morgan fingerprint density at radius 2 is 2.06 bits per heavy atom. The Hall–Kier alpha value is -1.09. The molecule has 0 radical (unpaired) electrons. The maximum Gasteiger partial charge on any atom is 0.213 e. The predicted molar refractivity (Wildman–Crippen MR) is 71.2 cm³/mol. The van der Waals surface area contributed by atoms with E-state index in [-0.39, 0.29) is 0 Å². The summed E-state index contributed by atoms with van der Waals surface area (Å²) in [7, 11) is 0. The molecule has 0 atom stereocenters. The van der Waals surface area contributed by atoms with Crippen molar-refractivity contribution in [3.8, 4) is 5.88 Å². The second-order valence-corrected chi connectivity index (χ2v) is 5.41. The normalized spacial score (nSPS) is 11.5. The van der Waals surface area contributed by atoms with Crippen LogP contribution < -0.4 is 10.1 Å². The van der Waals surface area contributed by atoms with E-state index in [9.17, 15) is 0 Å². The molecule has 1 aromatic rings. The van der Waals surface area contributed by atoms with Crippen LogP contribution in [0.3, 0.4) is 0 Å². The van der Waals surface area contributed by atoms with Gasteiger partial charge in [-0.2, -0.15) is 0 Å². The molecule has 0 spiro atoms. The molecule has 3 heteroatoms. The zero-order valence-electron chi connectivity index (χ0n) is 11.4. The van der Waals surface area contributed by atoms with E-state index in [1.54, 1.807) is 0 Å². The Balaban J connectivity index is 2.43. The van der Waals surface area contributed by atoms with Crippen LogP contribution in [0.2, 0.25) is 0 Å². The van der Waals surface area contributed by atoms with E-state index in [4.69, 9.17) is 4.74 Å². The molecule has 0 aromatic carbocycles. The van der Waals surface area contributed by atoms with Crippen LogP contribution >= 0.6 is 0 Å². The molecule has 0 bridgehead atoms. The first-order valence-electron chi connectivity index (χ1n) is 6.31. The van der Waals surface area contributed by atoms with Crippen LogP contribution in [0, 0.1) is 5.41 Å². The molecule has 1 N–H and O–H groups in total. The summed E-state index contributed by atoms with van der Waals surface area (Å²) in [5.74, 6) is 0.727. The van der Waals surface area contributed by atoms with Crippen LogP contribution in [-0.4, -0.2) is 18.1 Å². The minimum Gasteiger partial charge on any atom is -0.478 e. The zero-order chi connectivity index (χ0) is 12.7. The number of ether oxygens (including phenoxy) is 1. The molecule has 96 valence electrons. The third-order valence-corrected chi connectivity index (χ3v) is 2.44. The largest absolute Gasteiger partial charge is 0.478 e. The van der Waals surface area contributed by atoms with E-state index in [2.05, 4.69) is 38.0 Å². The number of rotatable bonds is 6. The molecule has 0 aliphatic rings. The van der Waals surface area contributed by atoms with E-state index < -0.39 is 0 Å². The van der Waals surface area contributed by atoms with E-state index >= 15 is 0 Å². The summed E-state index contributed by atoms with van der Waals surface area (Å²) in [6.07, 6.45) is 1.03. The minimum absolute atomic E-state index is 0.307. The summed E-state index contributed by atoms with van der Waals surface area (Å²) in [5.41, 5.74) is 1.33. The Morgan fingerprint density at radius 1 is 1.29 bits per heavy atom. The van der Waals surface area contributed by atoms with Crippen LogP contribution in [0.5, 0.6) is 5.88 Å². The van der Waals surface area contributed by atoms with Crippen molar-refractivity contribution in [1.29, 1.82) is 0 Å². The molecule has 0 aliphatic heterocycles. The monoisotopic (exact) mass is 236 g/mol. The minimum atomic E-state index is 0.307. The Bertz CT molecular complexity index is 331. The zero-order valence-corrected chi connectivity index (χ0v) is 11.4. The first kappa shape index (κ1) is 14.0. The molecular weight excluding hydrogens is 212 g/mol. The maximum absolute atomic E-state index is 5.66. The molecule has 1 rings (SSSR count). The van der Waals surface area contributed by atoms with Crippen LogP contribution in [0.1, 0.15) is 39.8 Å². The number of pyridine rings is 1. The first-order chi connectivity index (χ1) is 8.01. The highest BCUT2D eigenvalue weighted by atomic mass is 16.5. The SMILES string of the molecule is CCNCc1cccc(OCCC(C)(C)C)n1. The summed E-state index contributed by atoms with van der Waals surface area (Å²) in [4.78, 5) is 4.45. The topological polar surface area (TPSA) is 34.1 Å². The summed E-state index contributed by atoms with van der Waals surface area (Å²) < 4.78 is 5.66. The van der Waals surface area contributed by atoms with Gasteiger partial charge in [-0.05, 0) is 24.4 Å². The van der Waals surface area contributed by atoms with Crippen molar-refractivity contribution in [2.45, 2.75) is 40.7 Å². The molecule has 1 heterocycles. The molecule has 0 aliphatic carbocycles. The highest BCUT2D eigenvalue weighted by molar-refractivity contribution is 5.15. The van der Waals surface area contributed by atoms with Crippen LogP contribution in [0.25, 0.3) is 0 Å². The molecule has 1 aromatic heterocycles. The highest BCUT2D eigenvalue weighted by Gasteiger charge is 2.10. The van der Waals surface area contributed by atoms with Crippen molar-refractivity contribution in [3.63, 3.8) is 0 Å². The van der Waals surface area contributed by atoms with Crippen molar-refractivity contribution in [1.82, 2.24) is 10.3 Å². The summed E-state index contributed by atoms with van der Waals surface area (Å²) in [6, 6.07) is 5.92. The fourth-order valence-corrected chi connectivity index (χ4v) is 1.35. The smallest absolute Gasteiger partial charge is 0.213 e. The molecule has 0 saturated heterocycles. The number of hydrogen-bond donors (Lipinski definition) is 1. The molecular formula is C14H24N2O. The molecule has 0 fully saturated rings. The van der Waals surface area contributed by atoms with Gasteiger partial charge < -0.3 is 10.1 Å². The van der Waals surface area contributed by atoms with Gasteiger partial charge in [-0.25, -0.2) is 4.98 Å². The summed E-state index contributed by atoms with van der Waals surface area (Å²) in [6.45, 7) is 11.2. The van der Waals surface area contributed by atoms with Crippen molar-refractivity contribution < 1.29 is 4.74 Å². The van der Waals surface area contributed by atoms with E-state index in [1.807, 2.05) is 18.2 Å². The molecule has 3 nitrogen and oxygen atoms in total. The predicted octanol–water partition coefficient (Wildman–Crippen LogP) is 3.01. The van der Waals surface area contributed by atoms with Gasteiger partial charge in [0.2, 0.25) is 5.88 Å². The fourth-order valence-electron chi connectivity index (χ4n) is 1.35. The average Bonchev–Trinajstić information content (AvgIpc) is 2.25. The van der Waals surface area contributed by atoms with Gasteiger partial charge in [0.15, 0.2) is 0 Å². The van der Waals surface area contributed by atoms with Crippen LogP contribution in [0.15, 0.2) is 18.2 Å². The second-order valence-electron chi connectivity index (χ2n) is 5.41. The molecule has 0 amide bonds. The van der Waals surface area contributed by atoms with Crippen molar-refractivity contribution in [3.05, 3.63) is 23.9 Å². The van der Waals surface area contributed by atoms with Gasteiger partial charge in [0.05, 0.1) is 12.3 Å². The third kappa shape index (κ3) is 6.27. The number of nitrogens with zero attached hydrogens (tertiary/aromatic N) is 1. The summed E-state index contributed by atoms with van der Waals surface area (Å²) >= 11 is 0. The average molecular weight is 236 g/mol. The standard InChI is InChI=1S/C14H24N2O/c1-5-15-11-12-7-6-8-13(16-12)17-10-9-14(2,3)4/h6-8,15H,5,9-11H2,1-4H3. The highest BCUT2D eigenvalue weighted by Crippen LogP contribution is 2.18. The lowest BCUT2D eigenvalue weighted by Crippen LogP contribution is -2.14. The van der Waals surface area contributed by atoms with Crippen molar-refractivity contribution >= 4 is 0 Å². The molecule has 17 heavy (non-hydrogen) atoms. The lowest BCUT2D eigenvalue weighted by Gasteiger charge is -2.17. The lowest BCUT2D eigenvalue weighted by atomic mass is 9.93. The molecule has 0 saturated carbocycles. The quantitative estimate of drug-likeness (QED) is 0.824. The van der Waals surface area contributed by atoms with Crippen LogP contribution in [0.4, 0.5) is 0 Å². The third-order valence-electron chi connectivity index (χ3n) is 2.44. The van der Waals surface area contributed by atoms with Crippen molar-refractivity contribution in [2.75, 3.05) is 13.2 Å². The number of aromatic nitrogens is 1. The second kappa shape index (κ2) is 6.60. The van der Waals surface area contributed by atoms with E-state index in [0.29, 0.717) is 5.41 Å². The van der Waals surface area contributed by atoms with Gasteiger partial charge in [-0.1, -0.05) is 33.8 Å². The first-order valence-corrected chi connectivity index (χ1v) is 6.31. The Kier molecular flexibility index (Phi) is 5.42. The van der Waals surface area contributed by atoms with Gasteiger partial charge in [-0.3, -0.25) is 0 Å². The van der Waals surface area contributed by atoms with Gasteiger partial charge in [0, 0.05) is 12.6 Å². The Labute approximate surface area is 105 Å². The van der Waals surface area contributed by atoms with E-state index in [1.165, 1.54) is 0 Å². The fraction of sp³-hybridized carbons (Fsp3) is 0.643. The Morgan fingerprint density at radius 3 is 2.71 bits per heavy atom. The van der Waals surface area contributed by atoms with Crippen LogP contribution in [-0.2, 0) is 6.54 Å². The number of hydrogen-bond acceptors (Lipinski definition) is 3. The maximum atomic E-state index is 5.66. The molecule has 0 unspecified atom stereocenters. The van der Waals surface area contributed by atoms with Gasteiger partial charge in [-0.15, -0.1) is 0 Å². The van der Waals surface area contributed by atoms with Gasteiger partial charge >= 0.3 is 0 Å². The van der Waals surface area contributed by atoms with Gasteiger partial charge in [0.25, 0.3) is 0 Å². The lowest BCUT2D eigenvalue weighted by molar-refractivity contribution is 0.236. The summed E-state index contributed by atoms with van der Waals surface area (Å²) in [5, 5.41) is 3.25. The van der Waals surface area contributed by atoms with Crippen molar-refractivity contribution in [2.24, 2.45) is 5.41 Å². The van der Waals surface area contributed by atoms with E-state index in [0.717, 1.165) is 37.7 Å². The van der Waals surface area contributed by atoms with Gasteiger partial charge in [0.1, 0.15) is 0 Å².